The lowest BCUT2D eigenvalue weighted by molar-refractivity contribution is 0.474. The Bertz CT molecular complexity index is 1720. The molecule has 0 bridgehead atoms. The van der Waals surface area contributed by atoms with Crippen LogP contribution >= 0.6 is 15.9 Å². The van der Waals surface area contributed by atoms with E-state index in [4.69, 9.17) is 0 Å². The van der Waals surface area contributed by atoms with E-state index in [2.05, 4.69) is 31.4 Å². The molecule has 0 fully saturated rings. The van der Waals surface area contributed by atoms with Crippen LogP contribution < -0.4 is 16.7 Å². The van der Waals surface area contributed by atoms with Crippen molar-refractivity contribution in [3.8, 4) is 5.75 Å². The summed E-state index contributed by atoms with van der Waals surface area (Å²) >= 11 is 3.38. The lowest BCUT2D eigenvalue weighted by Crippen LogP contribution is -2.40. The number of benzene rings is 3. The second-order valence-corrected chi connectivity index (χ2v) is 9.39. The number of phenolic OH excluding ortho intramolecular Hbond substituents is 1. The van der Waals surface area contributed by atoms with E-state index < -0.39 is 11.2 Å². The Hall–Kier alpha value is -4.44. The van der Waals surface area contributed by atoms with E-state index in [1.165, 1.54) is 15.3 Å². The third kappa shape index (κ3) is 4.96. The number of nitrogens with one attached hydrogen (secondary N) is 1. The summed E-state index contributed by atoms with van der Waals surface area (Å²) in [5.41, 5.74) is 4.80. The molecule has 3 aromatic carbocycles. The molecule has 0 amide bonds. The number of hydrazone groups is 1. The summed E-state index contributed by atoms with van der Waals surface area (Å²) in [5.74, 6) is 0.354. The Morgan fingerprint density at radius 1 is 0.946 bits per heavy atom. The molecule has 2 aromatic heterocycles. The molecule has 5 aromatic rings. The van der Waals surface area contributed by atoms with Gasteiger partial charge in [0.2, 0.25) is 5.95 Å². The Morgan fingerprint density at radius 3 is 2.22 bits per heavy atom. The summed E-state index contributed by atoms with van der Waals surface area (Å²) in [6, 6.07) is 24.0. The number of nitrogens with zero attached hydrogens (tertiary/aromatic N) is 5. The number of hydrogen-bond donors (Lipinski definition) is 2. The number of fused-ring (bicyclic) bond motifs is 1. The summed E-state index contributed by atoms with van der Waals surface area (Å²) in [4.78, 5) is 31.4. The number of rotatable bonds is 7. The van der Waals surface area contributed by atoms with E-state index in [9.17, 15) is 14.7 Å². The van der Waals surface area contributed by atoms with Crippen molar-refractivity contribution in [1.29, 1.82) is 0 Å². The lowest BCUT2D eigenvalue weighted by Gasteiger charge is -2.11. The van der Waals surface area contributed by atoms with Crippen molar-refractivity contribution in [3.05, 3.63) is 121 Å². The first kappa shape index (κ1) is 24.3. The molecule has 10 heteroatoms. The first-order chi connectivity index (χ1) is 17.9. The van der Waals surface area contributed by atoms with Crippen molar-refractivity contribution in [3.63, 3.8) is 0 Å². The molecule has 2 N–H and O–H groups in total. The molecular weight excluding hydrogens is 536 g/mol. The summed E-state index contributed by atoms with van der Waals surface area (Å²) in [7, 11) is 1.60. The van der Waals surface area contributed by atoms with E-state index in [0.29, 0.717) is 12.1 Å². The van der Waals surface area contributed by atoms with Gasteiger partial charge in [-0.15, -0.1) is 0 Å². The van der Waals surface area contributed by atoms with E-state index in [0.717, 1.165) is 15.6 Å². The van der Waals surface area contributed by atoms with Gasteiger partial charge in [-0.2, -0.15) is 10.1 Å². The molecule has 0 spiro atoms. The van der Waals surface area contributed by atoms with Gasteiger partial charge in [-0.3, -0.25) is 18.5 Å². The molecule has 5 rings (SSSR count). The molecule has 0 aliphatic rings. The van der Waals surface area contributed by atoms with Gasteiger partial charge in [-0.05, 0) is 29.3 Å². The van der Waals surface area contributed by atoms with Crippen LogP contribution in [0, 0.1) is 0 Å². The van der Waals surface area contributed by atoms with Gasteiger partial charge in [-0.25, -0.2) is 10.2 Å². The van der Waals surface area contributed by atoms with Crippen LogP contribution in [0.25, 0.3) is 11.2 Å². The molecule has 2 heterocycles. The van der Waals surface area contributed by atoms with Gasteiger partial charge in [0, 0.05) is 17.1 Å². The quantitative estimate of drug-likeness (QED) is 0.233. The normalized spacial score (nSPS) is 11.4. The SMILES string of the molecule is Cn1c(=O)n(Cc2ccccc2)c(=O)c2c1nc(NN=Cc1cc(Br)ccc1O)n2Cc1ccccc1. The fourth-order valence-corrected chi connectivity index (χ4v) is 4.45. The van der Waals surface area contributed by atoms with Crippen LogP contribution in [0.5, 0.6) is 5.75 Å². The molecule has 9 nitrogen and oxygen atoms in total. The van der Waals surface area contributed by atoms with E-state index >= 15 is 0 Å². The zero-order chi connectivity index (χ0) is 25.9. The Balaban J connectivity index is 1.63. The molecule has 186 valence electrons. The minimum absolute atomic E-state index is 0.0673. The van der Waals surface area contributed by atoms with E-state index in [-0.39, 0.29) is 29.4 Å². The zero-order valence-corrected chi connectivity index (χ0v) is 21.5. The predicted octanol–water partition coefficient (Wildman–Crippen LogP) is 3.91. The number of anilines is 1. The van der Waals surface area contributed by atoms with Crippen LogP contribution in [-0.2, 0) is 20.1 Å². The minimum atomic E-state index is -0.458. The Labute approximate surface area is 220 Å². The van der Waals surface area contributed by atoms with Crippen molar-refractivity contribution < 1.29 is 5.11 Å². The van der Waals surface area contributed by atoms with Gasteiger partial charge in [0.1, 0.15) is 5.75 Å². The Kier molecular flexibility index (Phi) is 6.74. The van der Waals surface area contributed by atoms with Crippen LogP contribution in [-0.4, -0.2) is 30.0 Å². The fourth-order valence-electron chi connectivity index (χ4n) is 4.07. The van der Waals surface area contributed by atoms with Crippen molar-refractivity contribution in [2.45, 2.75) is 13.1 Å². The number of aryl methyl sites for hydroxylation is 1. The molecular formula is C27H23BrN6O3. The molecule has 0 saturated heterocycles. The highest BCUT2D eigenvalue weighted by Crippen LogP contribution is 2.21. The maximum Gasteiger partial charge on any atom is 0.332 e. The number of hydrogen-bond acceptors (Lipinski definition) is 6. The van der Waals surface area contributed by atoms with Crippen molar-refractivity contribution >= 4 is 39.3 Å². The van der Waals surface area contributed by atoms with E-state index in [1.807, 2.05) is 60.7 Å². The van der Waals surface area contributed by atoms with Gasteiger partial charge in [0.25, 0.3) is 5.56 Å². The number of imidazole rings is 1. The molecule has 0 unspecified atom stereocenters. The smallest absolute Gasteiger partial charge is 0.332 e. The summed E-state index contributed by atoms with van der Waals surface area (Å²) in [6.07, 6.45) is 1.46. The average Bonchev–Trinajstić information content (AvgIpc) is 3.26. The molecule has 0 atom stereocenters. The highest BCUT2D eigenvalue weighted by atomic mass is 79.9. The first-order valence-corrected chi connectivity index (χ1v) is 12.3. The highest BCUT2D eigenvalue weighted by Gasteiger charge is 2.20. The third-order valence-corrected chi connectivity index (χ3v) is 6.45. The largest absolute Gasteiger partial charge is 0.507 e. The zero-order valence-electron chi connectivity index (χ0n) is 19.9. The third-order valence-electron chi connectivity index (χ3n) is 5.96. The molecule has 0 saturated carbocycles. The number of aromatic nitrogens is 4. The summed E-state index contributed by atoms with van der Waals surface area (Å²) < 4.78 is 5.09. The van der Waals surface area contributed by atoms with Crippen LogP contribution in [0.3, 0.4) is 0 Å². The molecule has 37 heavy (non-hydrogen) atoms. The van der Waals surface area contributed by atoms with Gasteiger partial charge in [0.05, 0.1) is 19.3 Å². The van der Waals surface area contributed by atoms with E-state index in [1.54, 1.807) is 29.8 Å². The number of phenols is 1. The van der Waals surface area contributed by atoms with Crippen LogP contribution in [0.15, 0.2) is 98.0 Å². The number of aromatic hydroxyl groups is 1. The molecule has 0 aliphatic carbocycles. The number of halogens is 1. The lowest BCUT2D eigenvalue weighted by atomic mass is 10.2. The molecule has 0 aliphatic heterocycles. The first-order valence-electron chi connectivity index (χ1n) is 11.5. The Morgan fingerprint density at radius 2 is 1.57 bits per heavy atom. The fraction of sp³-hybridized carbons (Fsp3) is 0.111. The van der Waals surface area contributed by atoms with Crippen molar-refractivity contribution in [1.82, 2.24) is 18.7 Å². The van der Waals surface area contributed by atoms with Gasteiger partial charge in [0.15, 0.2) is 11.2 Å². The monoisotopic (exact) mass is 558 g/mol. The topological polar surface area (TPSA) is 106 Å². The van der Waals surface area contributed by atoms with Crippen LogP contribution in [0.1, 0.15) is 16.7 Å². The molecule has 0 radical (unpaired) electrons. The van der Waals surface area contributed by atoms with Gasteiger partial charge < -0.3 is 5.11 Å². The van der Waals surface area contributed by atoms with Crippen molar-refractivity contribution in [2.75, 3.05) is 5.43 Å². The van der Waals surface area contributed by atoms with Crippen LogP contribution in [0.4, 0.5) is 5.95 Å². The average molecular weight is 559 g/mol. The van der Waals surface area contributed by atoms with Crippen LogP contribution in [0.2, 0.25) is 0 Å². The van der Waals surface area contributed by atoms with Gasteiger partial charge in [-0.1, -0.05) is 76.6 Å². The summed E-state index contributed by atoms with van der Waals surface area (Å²) in [6.45, 7) is 0.470. The second kappa shape index (κ2) is 10.3. The maximum atomic E-state index is 13.7. The standard InChI is InChI=1S/C27H23BrN6O3/c1-32-24-23(25(36)34(27(32)37)17-19-10-6-3-7-11-19)33(16-18-8-4-2-5-9-18)26(30-24)31-29-15-20-14-21(28)12-13-22(20)35/h2-15,35H,16-17H2,1H3,(H,30,31). The highest BCUT2D eigenvalue weighted by molar-refractivity contribution is 9.10. The minimum Gasteiger partial charge on any atom is -0.507 e. The second-order valence-electron chi connectivity index (χ2n) is 8.47. The van der Waals surface area contributed by atoms with Crippen molar-refractivity contribution in [2.24, 2.45) is 12.1 Å². The van der Waals surface area contributed by atoms with Gasteiger partial charge >= 0.3 is 5.69 Å². The maximum absolute atomic E-state index is 13.7. The predicted molar refractivity (Wildman–Crippen MR) is 147 cm³/mol. The summed E-state index contributed by atoms with van der Waals surface area (Å²) in [5, 5.41) is 14.4.